The van der Waals surface area contributed by atoms with E-state index >= 15 is 0 Å². The monoisotopic (exact) mass is 414 g/mol. The van der Waals surface area contributed by atoms with Crippen LogP contribution in [0.1, 0.15) is 17.2 Å². The van der Waals surface area contributed by atoms with Crippen molar-refractivity contribution in [2.45, 2.75) is 17.9 Å². The third-order valence-corrected chi connectivity index (χ3v) is 6.38. The zero-order valence-corrected chi connectivity index (χ0v) is 17.4. The number of aryl methyl sites for hydroxylation is 1. The highest BCUT2D eigenvalue weighted by Gasteiger charge is 2.21. The van der Waals surface area contributed by atoms with E-state index in [2.05, 4.69) is 9.62 Å². The first kappa shape index (κ1) is 20.4. The maximum Gasteiger partial charge on any atom is 0.240 e. The number of hydrogen-bond donors (Lipinski definition) is 1. The number of sulfonamides is 1. The average molecular weight is 415 g/mol. The number of likely N-dealkylation sites (N-methyl/N-ethyl adjacent to an activating group) is 1. The SMILES string of the molecule is Cc1ccc(N(C)[C@@H](CNS(=O)(=O)c2ccc(Cl)cc2)c2ccccc2)cc1. The number of halogens is 1. The van der Waals surface area contributed by atoms with Crippen molar-refractivity contribution in [3.63, 3.8) is 0 Å². The van der Waals surface area contributed by atoms with Gasteiger partial charge in [-0.15, -0.1) is 0 Å². The second-order valence-corrected chi connectivity index (χ2v) is 8.88. The van der Waals surface area contributed by atoms with E-state index in [4.69, 9.17) is 11.6 Å². The smallest absolute Gasteiger partial charge is 0.240 e. The highest BCUT2D eigenvalue weighted by molar-refractivity contribution is 7.89. The Kier molecular flexibility index (Phi) is 6.39. The predicted molar refractivity (Wildman–Crippen MR) is 115 cm³/mol. The Hall–Kier alpha value is -2.34. The molecule has 0 saturated carbocycles. The maximum atomic E-state index is 12.7. The molecule has 3 rings (SSSR count). The highest BCUT2D eigenvalue weighted by Crippen LogP contribution is 2.26. The Morgan fingerprint density at radius 1 is 0.929 bits per heavy atom. The normalized spacial score (nSPS) is 12.5. The molecule has 1 atom stereocenters. The standard InChI is InChI=1S/C22H23ClN2O2S/c1-17-8-12-20(13-9-17)25(2)22(18-6-4-3-5-7-18)16-24-28(26,27)21-14-10-19(23)11-15-21/h3-15,22,24H,16H2,1-2H3/t22-/m0/s1. The quantitative estimate of drug-likeness (QED) is 0.603. The Morgan fingerprint density at radius 3 is 2.14 bits per heavy atom. The minimum absolute atomic E-state index is 0.161. The first-order valence-corrected chi connectivity index (χ1v) is 10.8. The van der Waals surface area contributed by atoms with E-state index in [-0.39, 0.29) is 17.5 Å². The van der Waals surface area contributed by atoms with Crippen molar-refractivity contribution in [2.24, 2.45) is 0 Å². The van der Waals surface area contributed by atoms with Crippen molar-refractivity contribution < 1.29 is 8.42 Å². The van der Waals surface area contributed by atoms with Crippen LogP contribution in [-0.2, 0) is 10.0 Å². The molecule has 0 aliphatic heterocycles. The van der Waals surface area contributed by atoms with Gasteiger partial charge in [0, 0.05) is 24.3 Å². The fraction of sp³-hybridized carbons (Fsp3) is 0.182. The zero-order chi connectivity index (χ0) is 20.1. The molecular weight excluding hydrogens is 392 g/mol. The van der Waals surface area contributed by atoms with Crippen molar-refractivity contribution >= 4 is 27.3 Å². The summed E-state index contributed by atoms with van der Waals surface area (Å²) in [4.78, 5) is 2.28. The minimum atomic E-state index is -3.64. The van der Waals surface area contributed by atoms with Gasteiger partial charge in [-0.1, -0.05) is 59.6 Å². The van der Waals surface area contributed by atoms with Gasteiger partial charge in [-0.05, 0) is 48.9 Å². The van der Waals surface area contributed by atoms with Crippen molar-refractivity contribution in [3.8, 4) is 0 Å². The van der Waals surface area contributed by atoms with Crippen LogP contribution in [-0.4, -0.2) is 22.0 Å². The van der Waals surface area contributed by atoms with E-state index in [9.17, 15) is 8.42 Å². The second-order valence-electron chi connectivity index (χ2n) is 6.68. The van der Waals surface area contributed by atoms with Crippen LogP contribution in [0.25, 0.3) is 0 Å². The molecule has 0 saturated heterocycles. The summed E-state index contributed by atoms with van der Waals surface area (Å²) in [5.74, 6) is 0. The summed E-state index contributed by atoms with van der Waals surface area (Å²) in [5, 5.41) is 0.500. The van der Waals surface area contributed by atoms with Gasteiger partial charge < -0.3 is 4.90 Å². The molecule has 4 nitrogen and oxygen atoms in total. The molecule has 0 radical (unpaired) electrons. The lowest BCUT2D eigenvalue weighted by Gasteiger charge is -2.31. The number of nitrogens with zero attached hydrogens (tertiary/aromatic N) is 1. The summed E-state index contributed by atoms with van der Waals surface area (Å²) in [6.45, 7) is 2.28. The molecule has 0 aliphatic rings. The summed E-state index contributed by atoms with van der Waals surface area (Å²) in [6.07, 6.45) is 0. The van der Waals surface area contributed by atoms with E-state index in [1.54, 1.807) is 12.1 Å². The molecule has 1 N–H and O–H groups in total. The molecule has 0 heterocycles. The summed E-state index contributed by atoms with van der Waals surface area (Å²) in [6, 6.07) is 24.0. The molecule has 0 amide bonds. The van der Waals surface area contributed by atoms with Gasteiger partial charge in [0.05, 0.1) is 10.9 Å². The Balaban J connectivity index is 1.85. The van der Waals surface area contributed by atoms with Crippen LogP contribution in [0.15, 0.2) is 83.8 Å². The molecule has 0 aliphatic carbocycles. The summed E-state index contributed by atoms with van der Waals surface area (Å²) in [7, 11) is -1.67. The lowest BCUT2D eigenvalue weighted by molar-refractivity contribution is 0.567. The fourth-order valence-corrected chi connectivity index (χ4v) is 4.16. The topological polar surface area (TPSA) is 49.4 Å². The van der Waals surface area contributed by atoms with Crippen LogP contribution in [0.3, 0.4) is 0 Å². The number of anilines is 1. The van der Waals surface area contributed by atoms with Crippen LogP contribution in [0, 0.1) is 6.92 Å². The Labute approximate surface area is 171 Å². The fourth-order valence-electron chi connectivity index (χ4n) is 3.00. The van der Waals surface area contributed by atoms with Gasteiger partial charge >= 0.3 is 0 Å². The van der Waals surface area contributed by atoms with Gasteiger partial charge in [-0.3, -0.25) is 0 Å². The second kappa shape index (κ2) is 8.78. The van der Waals surface area contributed by atoms with Crippen molar-refractivity contribution in [2.75, 3.05) is 18.5 Å². The van der Waals surface area contributed by atoms with Crippen LogP contribution in [0.5, 0.6) is 0 Å². The molecule has 28 heavy (non-hydrogen) atoms. The molecule has 0 bridgehead atoms. The van der Waals surface area contributed by atoms with Gasteiger partial charge in [0.15, 0.2) is 0 Å². The van der Waals surface area contributed by atoms with Crippen LogP contribution >= 0.6 is 11.6 Å². The predicted octanol–water partition coefficient (Wildman–Crippen LogP) is 4.80. The first-order valence-electron chi connectivity index (χ1n) is 8.96. The molecule has 3 aromatic carbocycles. The van der Waals surface area contributed by atoms with Crippen molar-refractivity contribution in [3.05, 3.63) is 95.0 Å². The zero-order valence-electron chi connectivity index (χ0n) is 15.8. The highest BCUT2D eigenvalue weighted by atomic mass is 35.5. The number of hydrogen-bond acceptors (Lipinski definition) is 3. The van der Waals surface area contributed by atoms with E-state index in [1.807, 2.05) is 68.6 Å². The summed E-state index contributed by atoms with van der Waals surface area (Å²) < 4.78 is 28.2. The molecule has 3 aromatic rings. The minimum Gasteiger partial charge on any atom is -0.366 e. The molecule has 0 aromatic heterocycles. The third kappa shape index (κ3) is 4.93. The van der Waals surface area contributed by atoms with Crippen LogP contribution < -0.4 is 9.62 Å². The summed E-state index contributed by atoms with van der Waals surface area (Å²) in [5.41, 5.74) is 3.23. The van der Waals surface area contributed by atoms with Gasteiger partial charge in [0.25, 0.3) is 0 Å². The Morgan fingerprint density at radius 2 is 1.54 bits per heavy atom. The van der Waals surface area contributed by atoms with Gasteiger partial charge in [-0.25, -0.2) is 13.1 Å². The lowest BCUT2D eigenvalue weighted by Crippen LogP contribution is -2.36. The van der Waals surface area contributed by atoms with Gasteiger partial charge in [-0.2, -0.15) is 0 Å². The molecular formula is C22H23ClN2O2S. The van der Waals surface area contributed by atoms with Crippen molar-refractivity contribution in [1.82, 2.24) is 4.72 Å². The third-order valence-electron chi connectivity index (χ3n) is 4.68. The number of nitrogens with one attached hydrogen (secondary N) is 1. The van der Waals surface area contributed by atoms with Crippen LogP contribution in [0.4, 0.5) is 5.69 Å². The Bertz CT molecular complexity index is 1000. The lowest BCUT2D eigenvalue weighted by atomic mass is 10.0. The molecule has 6 heteroatoms. The number of rotatable bonds is 7. The van der Waals surface area contributed by atoms with Crippen molar-refractivity contribution in [1.29, 1.82) is 0 Å². The van der Waals surface area contributed by atoms with Gasteiger partial charge in [0.2, 0.25) is 10.0 Å². The van der Waals surface area contributed by atoms with E-state index < -0.39 is 10.0 Å². The van der Waals surface area contributed by atoms with Crippen LogP contribution in [0.2, 0.25) is 5.02 Å². The molecule has 0 fully saturated rings. The number of benzene rings is 3. The first-order chi connectivity index (χ1) is 13.4. The van der Waals surface area contributed by atoms with Gasteiger partial charge in [0.1, 0.15) is 0 Å². The molecule has 0 spiro atoms. The van der Waals surface area contributed by atoms with E-state index in [0.29, 0.717) is 5.02 Å². The van der Waals surface area contributed by atoms with E-state index in [0.717, 1.165) is 11.3 Å². The molecule has 146 valence electrons. The maximum absolute atomic E-state index is 12.7. The largest absolute Gasteiger partial charge is 0.366 e. The molecule has 0 unspecified atom stereocenters. The average Bonchev–Trinajstić information content (AvgIpc) is 2.69. The van der Waals surface area contributed by atoms with E-state index in [1.165, 1.54) is 17.7 Å². The summed E-state index contributed by atoms with van der Waals surface area (Å²) >= 11 is 5.87.